The van der Waals surface area contributed by atoms with E-state index in [-0.39, 0.29) is 5.69 Å². The van der Waals surface area contributed by atoms with Crippen molar-refractivity contribution in [2.75, 3.05) is 0 Å². The molecule has 0 aromatic carbocycles. The van der Waals surface area contributed by atoms with Crippen molar-refractivity contribution in [3.8, 4) is 16.6 Å². The third-order valence-electron chi connectivity index (χ3n) is 4.13. The van der Waals surface area contributed by atoms with Crippen molar-refractivity contribution >= 4 is 17.0 Å². The second kappa shape index (κ2) is 6.48. The number of thiophene rings is 1. The molecule has 2 heterocycles. The van der Waals surface area contributed by atoms with Crippen LogP contribution in [0.15, 0.2) is 33.5 Å². The number of alkyl halides is 3. The van der Waals surface area contributed by atoms with E-state index in [4.69, 9.17) is 5.26 Å². The summed E-state index contributed by atoms with van der Waals surface area (Å²) < 4.78 is 40.8. The van der Waals surface area contributed by atoms with Crippen LogP contribution in [-0.2, 0) is 6.18 Å². The lowest BCUT2D eigenvalue weighted by molar-refractivity contribution is -0.137. The number of aromatic nitrogens is 1. The van der Waals surface area contributed by atoms with Crippen molar-refractivity contribution in [1.82, 2.24) is 4.68 Å². The Balaban J connectivity index is 2.30. The lowest BCUT2D eigenvalue weighted by Gasteiger charge is -2.14. The first-order valence-electron chi connectivity index (χ1n) is 7.69. The zero-order valence-electron chi connectivity index (χ0n) is 13.3. The van der Waals surface area contributed by atoms with Crippen LogP contribution in [0.3, 0.4) is 0 Å². The van der Waals surface area contributed by atoms with Gasteiger partial charge in [0.2, 0.25) is 0 Å². The highest BCUT2D eigenvalue weighted by atomic mass is 32.1. The van der Waals surface area contributed by atoms with Gasteiger partial charge >= 0.3 is 6.18 Å². The molecule has 130 valence electrons. The van der Waals surface area contributed by atoms with Gasteiger partial charge in [-0.25, -0.2) is 0 Å². The van der Waals surface area contributed by atoms with Gasteiger partial charge in [0.15, 0.2) is 0 Å². The predicted molar refractivity (Wildman–Crippen MR) is 89.6 cm³/mol. The second-order valence-corrected chi connectivity index (χ2v) is 6.98. The maximum atomic E-state index is 13.3. The molecule has 0 spiro atoms. The van der Waals surface area contributed by atoms with Crippen molar-refractivity contribution in [2.45, 2.75) is 32.4 Å². The zero-order valence-corrected chi connectivity index (χ0v) is 14.1. The normalized spacial score (nSPS) is 19.3. The van der Waals surface area contributed by atoms with Crippen molar-refractivity contribution in [1.29, 1.82) is 5.26 Å². The summed E-state index contributed by atoms with van der Waals surface area (Å²) in [5.41, 5.74) is -2.37. The minimum Gasteiger partial charge on any atom is -0.266 e. The summed E-state index contributed by atoms with van der Waals surface area (Å²) in [6.07, 6.45) is -2.47. The molecule has 0 saturated heterocycles. The molecule has 1 aliphatic carbocycles. The molecular weight excluding hydrogens is 351 g/mol. The first kappa shape index (κ1) is 17.4. The Morgan fingerprint density at radius 3 is 2.72 bits per heavy atom. The Labute approximate surface area is 145 Å². The fourth-order valence-electron chi connectivity index (χ4n) is 2.88. The summed E-state index contributed by atoms with van der Waals surface area (Å²) in [6.45, 7) is 2.05. The van der Waals surface area contributed by atoms with Crippen molar-refractivity contribution in [3.63, 3.8) is 0 Å². The molecule has 0 aliphatic heterocycles. The van der Waals surface area contributed by atoms with E-state index in [1.807, 2.05) is 0 Å². The van der Waals surface area contributed by atoms with Crippen LogP contribution in [0.25, 0.3) is 10.6 Å². The topological polar surface area (TPSA) is 58.1 Å². The number of hydrogen-bond donors (Lipinski definition) is 0. The van der Waals surface area contributed by atoms with Crippen LogP contribution in [0.2, 0.25) is 0 Å². The molecule has 4 nitrogen and oxygen atoms in total. The van der Waals surface area contributed by atoms with E-state index < -0.39 is 22.9 Å². The molecule has 0 amide bonds. The first-order valence-corrected chi connectivity index (χ1v) is 8.57. The average molecular weight is 365 g/mol. The summed E-state index contributed by atoms with van der Waals surface area (Å²) in [7, 11) is 0. The molecule has 0 bridgehead atoms. The van der Waals surface area contributed by atoms with Gasteiger partial charge in [-0.2, -0.15) is 28.2 Å². The lowest BCUT2D eigenvalue weighted by atomic mass is 10.1. The van der Waals surface area contributed by atoms with Gasteiger partial charge in [0, 0.05) is 5.71 Å². The summed E-state index contributed by atoms with van der Waals surface area (Å²) in [6, 6.07) is 5.55. The van der Waals surface area contributed by atoms with Gasteiger partial charge in [0.25, 0.3) is 5.56 Å². The number of rotatable bonds is 2. The molecule has 1 atom stereocenters. The zero-order chi connectivity index (χ0) is 18.2. The summed E-state index contributed by atoms with van der Waals surface area (Å²) in [5, 5.41) is 15.1. The standard InChI is InChI=1S/C17H14F3N3OS/c1-10-4-5-11(7-10)22-23-14(15-3-2-6-25-15)8-13(17(18,19)20)12(9-21)16(23)24/h2-3,6,8,10H,4-5,7H2,1H3/b22-11-. The molecule has 25 heavy (non-hydrogen) atoms. The van der Waals surface area contributed by atoms with E-state index in [1.165, 1.54) is 17.4 Å². The quantitative estimate of drug-likeness (QED) is 0.787. The molecule has 1 saturated carbocycles. The predicted octanol–water partition coefficient (Wildman–Crippen LogP) is 4.49. The molecule has 8 heteroatoms. The molecular formula is C17H14F3N3OS. The van der Waals surface area contributed by atoms with E-state index in [0.29, 0.717) is 23.6 Å². The van der Waals surface area contributed by atoms with E-state index in [9.17, 15) is 18.0 Å². The highest BCUT2D eigenvalue weighted by molar-refractivity contribution is 7.13. The third kappa shape index (κ3) is 3.37. The van der Waals surface area contributed by atoms with Crippen LogP contribution in [-0.4, -0.2) is 10.4 Å². The minimum absolute atomic E-state index is 0.0541. The number of hydrogen-bond acceptors (Lipinski definition) is 4. The van der Waals surface area contributed by atoms with Crippen LogP contribution >= 0.6 is 11.3 Å². The molecule has 1 aliphatic rings. The van der Waals surface area contributed by atoms with Gasteiger partial charge in [-0.1, -0.05) is 13.0 Å². The van der Waals surface area contributed by atoms with Gasteiger partial charge in [-0.15, -0.1) is 11.3 Å². The number of pyridine rings is 1. The van der Waals surface area contributed by atoms with Gasteiger partial charge in [-0.3, -0.25) is 4.79 Å². The molecule has 2 aromatic rings. The Bertz CT molecular complexity index is 920. The average Bonchev–Trinajstić information content (AvgIpc) is 3.19. The molecule has 3 rings (SSSR count). The highest BCUT2D eigenvalue weighted by Crippen LogP contribution is 2.35. The second-order valence-electron chi connectivity index (χ2n) is 6.04. The van der Waals surface area contributed by atoms with Gasteiger partial charge in [0.1, 0.15) is 11.6 Å². The maximum absolute atomic E-state index is 13.3. The van der Waals surface area contributed by atoms with Crippen molar-refractivity contribution in [3.05, 3.63) is 45.1 Å². The molecule has 1 fully saturated rings. The SMILES string of the molecule is CC1CC/C(=N/n2c(-c3cccs3)cc(C(F)(F)F)c(C#N)c2=O)C1. The van der Waals surface area contributed by atoms with Crippen molar-refractivity contribution < 1.29 is 13.2 Å². The van der Waals surface area contributed by atoms with Crippen LogP contribution in [0.5, 0.6) is 0 Å². The van der Waals surface area contributed by atoms with Gasteiger partial charge in [-0.05, 0) is 42.7 Å². The molecule has 1 unspecified atom stereocenters. The minimum atomic E-state index is -4.79. The van der Waals surface area contributed by atoms with Crippen LogP contribution in [0.1, 0.15) is 37.3 Å². The van der Waals surface area contributed by atoms with Crippen LogP contribution in [0, 0.1) is 17.2 Å². The van der Waals surface area contributed by atoms with Crippen LogP contribution < -0.4 is 5.56 Å². The number of halogens is 3. The highest BCUT2D eigenvalue weighted by Gasteiger charge is 2.37. The summed E-state index contributed by atoms with van der Waals surface area (Å²) >= 11 is 1.21. The fraction of sp³-hybridized carbons (Fsp3) is 0.353. The fourth-order valence-corrected chi connectivity index (χ4v) is 3.61. The first-order chi connectivity index (χ1) is 11.8. The molecule has 0 radical (unpaired) electrons. The van der Waals surface area contributed by atoms with Crippen LogP contribution in [0.4, 0.5) is 13.2 Å². The summed E-state index contributed by atoms with van der Waals surface area (Å²) in [5.74, 6) is 0.421. The van der Waals surface area contributed by atoms with Crippen molar-refractivity contribution in [2.24, 2.45) is 11.0 Å². The third-order valence-corrected chi connectivity index (χ3v) is 5.02. The number of nitrogens with zero attached hydrogens (tertiary/aromatic N) is 3. The van der Waals surface area contributed by atoms with E-state index in [0.717, 1.165) is 22.9 Å². The van der Waals surface area contributed by atoms with E-state index in [1.54, 1.807) is 17.5 Å². The largest absolute Gasteiger partial charge is 0.417 e. The number of nitriles is 1. The maximum Gasteiger partial charge on any atom is 0.417 e. The van der Waals surface area contributed by atoms with Gasteiger partial charge < -0.3 is 0 Å². The Morgan fingerprint density at radius 1 is 1.44 bits per heavy atom. The van der Waals surface area contributed by atoms with E-state index in [2.05, 4.69) is 12.0 Å². The monoisotopic (exact) mass is 365 g/mol. The Hall–Kier alpha value is -2.40. The smallest absolute Gasteiger partial charge is 0.266 e. The van der Waals surface area contributed by atoms with Gasteiger partial charge in [0.05, 0.1) is 16.1 Å². The van der Waals surface area contributed by atoms with E-state index >= 15 is 0 Å². The Kier molecular flexibility index (Phi) is 4.52. The lowest BCUT2D eigenvalue weighted by Crippen LogP contribution is -2.26. The molecule has 2 aromatic heterocycles. The Morgan fingerprint density at radius 2 is 2.20 bits per heavy atom. The summed E-state index contributed by atoms with van der Waals surface area (Å²) in [4.78, 5) is 13.1. The molecule has 0 N–H and O–H groups in total.